The summed E-state index contributed by atoms with van der Waals surface area (Å²) >= 11 is 0. The summed E-state index contributed by atoms with van der Waals surface area (Å²) in [6.07, 6.45) is 8.83. The second-order valence-electron chi connectivity index (χ2n) is 7.61. The van der Waals surface area contributed by atoms with Gasteiger partial charge in [0.15, 0.2) is 0 Å². The molecule has 0 spiro atoms. The molecule has 1 aliphatic rings. The minimum atomic E-state index is -0.441. The van der Waals surface area contributed by atoms with E-state index in [-0.39, 0.29) is 12.1 Å². The number of imidazole rings is 1. The van der Waals surface area contributed by atoms with Crippen LogP contribution in [0.2, 0.25) is 0 Å². The van der Waals surface area contributed by atoms with Crippen molar-refractivity contribution in [1.82, 2.24) is 20.2 Å². The monoisotopic (exact) mass is 336 g/mol. The van der Waals surface area contributed by atoms with Crippen molar-refractivity contribution < 1.29 is 9.53 Å². The fraction of sp³-hybridized carbons (Fsp3) is 0.778. The molecular formula is C18H32N4O2. The van der Waals surface area contributed by atoms with Gasteiger partial charge in [-0.25, -0.2) is 9.78 Å². The molecule has 2 N–H and O–H groups in total. The van der Waals surface area contributed by atoms with Gasteiger partial charge in [-0.05, 0) is 52.9 Å². The number of ether oxygens (including phenoxy) is 1. The van der Waals surface area contributed by atoms with Crippen molar-refractivity contribution in [1.29, 1.82) is 0 Å². The van der Waals surface area contributed by atoms with Crippen LogP contribution in [0.4, 0.5) is 4.79 Å². The predicted molar refractivity (Wildman–Crippen MR) is 94.8 cm³/mol. The van der Waals surface area contributed by atoms with Crippen molar-refractivity contribution in [2.24, 2.45) is 0 Å². The molecule has 0 aromatic carbocycles. The number of aryl methyl sites for hydroxylation is 1. The summed E-state index contributed by atoms with van der Waals surface area (Å²) in [5.41, 5.74) is -0.441. The predicted octanol–water partition coefficient (Wildman–Crippen LogP) is 3.22. The van der Waals surface area contributed by atoms with Gasteiger partial charge in [0, 0.05) is 31.0 Å². The molecule has 0 atom stereocenters. The molecular weight excluding hydrogens is 304 g/mol. The minimum absolute atomic E-state index is 0.222. The Labute approximate surface area is 145 Å². The van der Waals surface area contributed by atoms with Crippen molar-refractivity contribution in [2.75, 3.05) is 0 Å². The molecule has 1 amide bonds. The summed E-state index contributed by atoms with van der Waals surface area (Å²) in [6, 6.07) is 0.716. The molecule has 1 fully saturated rings. The zero-order chi connectivity index (χ0) is 17.6. The summed E-state index contributed by atoms with van der Waals surface area (Å²) in [4.78, 5) is 16.3. The molecule has 0 aliphatic heterocycles. The molecule has 0 radical (unpaired) electrons. The first kappa shape index (κ1) is 18.8. The van der Waals surface area contributed by atoms with Crippen LogP contribution in [0, 0.1) is 0 Å². The number of carbonyl (C=O) groups excluding carboxylic acids is 1. The van der Waals surface area contributed by atoms with E-state index in [9.17, 15) is 4.79 Å². The van der Waals surface area contributed by atoms with Gasteiger partial charge in [-0.15, -0.1) is 0 Å². The quantitative estimate of drug-likeness (QED) is 0.837. The average Bonchev–Trinajstić information content (AvgIpc) is 2.92. The third-order valence-electron chi connectivity index (χ3n) is 4.26. The highest BCUT2D eigenvalue weighted by Crippen LogP contribution is 2.19. The Morgan fingerprint density at radius 3 is 2.58 bits per heavy atom. The molecule has 6 heteroatoms. The van der Waals surface area contributed by atoms with E-state index < -0.39 is 5.60 Å². The molecule has 1 aromatic rings. The zero-order valence-corrected chi connectivity index (χ0v) is 15.5. The highest BCUT2D eigenvalue weighted by molar-refractivity contribution is 5.68. The number of rotatable bonds is 6. The van der Waals surface area contributed by atoms with Gasteiger partial charge in [0.1, 0.15) is 11.4 Å². The van der Waals surface area contributed by atoms with Crippen LogP contribution in [0.5, 0.6) is 0 Å². The van der Waals surface area contributed by atoms with Crippen molar-refractivity contribution >= 4 is 6.09 Å². The first-order valence-electron chi connectivity index (χ1n) is 9.10. The Kier molecular flexibility index (Phi) is 6.66. The molecule has 1 heterocycles. The van der Waals surface area contributed by atoms with Crippen molar-refractivity contribution in [3.63, 3.8) is 0 Å². The van der Waals surface area contributed by atoms with Gasteiger partial charge in [-0.1, -0.05) is 6.92 Å². The third-order valence-corrected chi connectivity index (χ3v) is 4.26. The van der Waals surface area contributed by atoms with Crippen LogP contribution in [0.3, 0.4) is 0 Å². The van der Waals surface area contributed by atoms with Crippen LogP contribution in [-0.2, 0) is 17.8 Å². The molecule has 136 valence electrons. The Balaban J connectivity index is 1.69. The van der Waals surface area contributed by atoms with Gasteiger partial charge in [0.05, 0.1) is 6.54 Å². The SMILES string of the molecule is CCCn1ccnc1CNC1CCC(NC(=O)OC(C)(C)C)CC1. The second kappa shape index (κ2) is 8.51. The lowest BCUT2D eigenvalue weighted by atomic mass is 9.91. The van der Waals surface area contributed by atoms with Gasteiger partial charge >= 0.3 is 6.09 Å². The minimum Gasteiger partial charge on any atom is -0.444 e. The number of hydrogen-bond acceptors (Lipinski definition) is 4. The summed E-state index contributed by atoms with van der Waals surface area (Å²) in [7, 11) is 0. The topological polar surface area (TPSA) is 68.2 Å². The smallest absolute Gasteiger partial charge is 0.407 e. The summed E-state index contributed by atoms with van der Waals surface area (Å²) in [5, 5.41) is 6.59. The highest BCUT2D eigenvalue weighted by atomic mass is 16.6. The fourth-order valence-electron chi connectivity index (χ4n) is 3.10. The molecule has 24 heavy (non-hydrogen) atoms. The number of alkyl carbamates (subject to hydrolysis) is 1. The van der Waals surface area contributed by atoms with Crippen LogP contribution in [0.25, 0.3) is 0 Å². The Morgan fingerprint density at radius 1 is 1.29 bits per heavy atom. The molecule has 0 bridgehead atoms. The molecule has 0 saturated heterocycles. The molecule has 1 aliphatic carbocycles. The van der Waals surface area contributed by atoms with Gasteiger partial charge < -0.3 is 19.9 Å². The van der Waals surface area contributed by atoms with E-state index in [4.69, 9.17) is 4.74 Å². The second-order valence-corrected chi connectivity index (χ2v) is 7.61. The third kappa shape index (κ3) is 6.15. The average molecular weight is 336 g/mol. The lowest BCUT2D eigenvalue weighted by Gasteiger charge is -2.30. The number of nitrogens with one attached hydrogen (secondary N) is 2. The maximum atomic E-state index is 11.8. The largest absolute Gasteiger partial charge is 0.444 e. The van der Waals surface area contributed by atoms with Crippen molar-refractivity contribution in [3.8, 4) is 0 Å². The van der Waals surface area contributed by atoms with E-state index in [0.717, 1.165) is 51.0 Å². The first-order valence-corrected chi connectivity index (χ1v) is 9.10. The van der Waals surface area contributed by atoms with Crippen LogP contribution in [0.15, 0.2) is 12.4 Å². The molecule has 2 rings (SSSR count). The number of aromatic nitrogens is 2. The maximum Gasteiger partial charge on any atom is 0.407 e. The molecule has 0 unspecified atom stereocenters. The van der Waals surface area contributed by atoms with E-state index in [1.807, 2.05) is 33.2 Å². The van der Waals surface area contributed by atoms with Crippen molar-refractivity contribution in [2.45, 2.75) is 90.6 Å². The Bertz CT molecular complexity index is 513. The zero-order valence-electron chi connectivity index (χ0n) is 15.5. The summed E-state index contributed by atoms with van der Waals surface area (Å²) in [6.45, 7) is 9.66. The van der Waals surface area contributed by atoms with E-state index in [2.05, 4.69) is 27.1 Å². The number of nitrogens with zero attached hydrogens (tertiary/aromatic N) is 2. The first-order chi connectivity index (χ1) is 11.4. The van der Waals surface area contributed by atoms with Crippen molar-refractivity contribution in [3.05, 3.63) is 18.2 Å². The van der Waals surface area contributed by atoms with Gasteiger partial charge in [-0.3, -0.25) is 0 Å². The fourth-order valence-corrected chi connectivity index (χ4v) is 3.10. The highest BCUT2D eigenvalue weighted by Gasteiger charge is 2.24. The lowest BCUT2D eigenvalue weighted by molar-refractivity contribution is 0.0489. The Hall–Kier alpha value is -1.56. The number of amides is 1. The summed E-state index contributed by atoms with van der Waals surface area (Å²) in [5.74, 6) is 1.10. The van der Waals surface area contributed by atoms with E-state index >= 15 is 0 Å². The van der Waals surface area contributed by atoms with Crippen LogP contribution < -0.4 is 10.6 Å². The lowest BCUT2D eigenvalue weighted by Crippen LogP contribution is -2.44. The van der Waals surface area contributed by atoms with Gasteiger partial charge in [0.25, 0.3) is 0 Å². The van der Waals surface area contributed by atoms with Gasteiger partial charge in [0.2, 0.25) is 0 Å². The van der Waals surface area contributed by atoms with E-state index in [1.54, 1.807) is 0 Å². The van der Waals surface area contributed by atoms with Crippen LogP contribution in [0.1, 0.15) is 65.6 Å². The molecule has 1 saturated carbocycles. The molecule has 6 nitrogen and oxygen atoms in total. The molecule has 1 aromatic heterocycles. The number of carbonyl (C=O) groups is 1. The van der Waals surface area contributed by atoms with Crippen LogP contribution in [-0.4, -0.2) is 33.3 Å². The van der Waals surface area contributed by atoms with E-state index in [1.165, 1.54) is 0 Å². The standard InChI is InChI=1S/C18H32N4O2/c1-5-11-22-12-10-19-16(22)13-20-14-6-8-15(9-7-14)21-17(23)24-18(2,3)4/h10,12,14-15,20H,5-9,11,13H2,1-4H3,(H,21,23). The Morgan fingerprint density at radius 2 is 1.96 bits per heavy atom. The van der Waals surface area contributed by atoms with Gasteiger partial charge in [-0.2, -0.15) is 0 Å². The van der Waals surface area contributed by atoms with E-state index in [0.29, 0.717) is 6.04 Å². The number of hydrogen-bond donors (Lipinski definition) is 2. The van der Waals surface area contributed by atoms with Crippen LogP contribution >= 0.6 is 0 Å². The summed E-state index contributed by atoms with van der Waals surface area (Å²) < 4.78 is 7.53. The maximum absolute atomic E-state index is 11.8. The normalized spacial score (nSPS) is 21.5.